The van der Waals surface area contributed by atoms with Gasteiger partial charge in [0.15, 0.2) is 5.65 Å². The van der Waals surface area contributed by atoms with Crippen LogP contribution in [0.3, 0.4) is 0 Å². The Morgan fingerprint density at radius 3 is 2.88 bits per heavy atom. The molecule has 78 valence electrons. The van der Waals surface area contributed by atoms with Crippen LogP contribution >= 0.6 is 33.9 Å². The second-order valence-corrected chi connectivity index (χ2v) is 5.63. The Morgan fingerprint density at radius 1 is 1.12 bits per heavy atom. The van der Waals surface area contributed by atoms with Gasteiger partial charge in [0.1, 0.15) is 5.01 Å². The molecular formula is C12H7IN2S. The van der Waals surface area contributed by atoms with Gasteiger partial charge in [0.2, 0.25) is 0 Å². The molecule has 0 aliphatic carbocycles. The van der Waals surface area contributed by atoms with Gasteiger partial charge in [-0.25, -0.2) is 9.97 Å². The third-order valence-corrected chi connectivity index (χ3v) is 3.97. The van der Waals surface area contributed by atoms with Crippen molar-refractivity contribution in [3.8, 4) is 10.6 Å². The van der Waals surface area contributed by atoms with Crippen molar-refractivity contribution in [1.82, 2.24) is 9.97 Å². The summed E-state index contributed by atoms with van der Waals surface area (Å²) in [6.45, 7) is 0. The molecule has 4 heteroatoms. The zero-order valence-electron chi connectivity index (χ0n) is 8.22. The second-order valence-electron chi connectivity index (χ2n) is 3.35. The summed E-state index contributed by atoms with van der Waals surface area (Å²) >= 11 is 3.99. The number of hydrogen-bond donors (Lipinski definition) is 0. The summed E-state index contributed by atoms with van der Waals surface area (Å²) in [5, 5.41) is 1.03. The van der Waals surface area contributed by atoms with E-state index in [1.807, 2.05) is 6.07 Å². The smallest absolute Gasteiger partial charge is 0.170 e. The van der Waals surface area contributed by atoms with E-state index in [9.17, 15) is 0 Å². The molecule has 0 aliphatic heterocycles. The van der Waals surface area contributed by atoms with Gasteiger partial charge in [-0.3, -0.25) is 0 Å². The maximum absolute atomic E-state index is 4.53. The third kappa shape index (κ3) is 1.82. The Hall–Kier alpha value is -1.01. The molecule has 0 amide bonds. The minimum Gasteiger partial charge on any atom is -0.236 e. The number of hydrogen-bond acceptors (Lipinski definition) is 3. The number of nitrogens with zero attached hydrogens (tertiary/aromatic N) is 2. The molecule has 0 N–H and O–H groups in total. The largest absolute Gasteiger partial charge is 0.236 e. The lowest BCUT2D eigenvalue weighted by Gasteiger charge is -1.95. The molecular weight excluding hydrogens is 331 g/mol. The Balaban J connectivity index is 2.19. The molecule has 1 aromatic carbocycles. The predicted octanol–water partition coefficient (Wildman–Crippen LogP) is 3.96. The second kappa shape index (κ2) is 4.10. The molecule has 0 spiro atoms. The molecule has 0 bridgehead atoms. The fraction of sp³-hybridized carbons (Fsp3) is 0. The first-order chi connectivity index (χ1) is 7.83. The summed E-state index contributed by atoms with van der Waals surface area (Å²) in [5.74, 6) is 0. The van der Waals surface area contributed by atoms with Gasteiger partial charge in [-0.1, -0.05) is 12.1 Å². The van der Waals surface area contributed by atoms with Crippen molar-refractivity contribution in [1.29, 1.82) is 0 Å². The van der Waals surface area contributed by atoms with E-state index in [2.05, 4.69) is 62.9 Å². The van der Waals surface area contributed by atoms with Crippen molar-refractivity contribution in [3.05, 3.63) is 46.2 Å². The van der Waals surface area contributed by atoms with Crippen molar-refractivity contribution >= 4 is 44.3 Å². The lowest BCUT2D eigenvalue weighted by atomic mass is 10.2. The number of fused-ring (bicyclic) bond motifs is 1. The highest BCUT2D eigenvalue weighted by Gasteiger charge is 2.06. The zero-order valence-corrected chi connectivity index (χ0v) is 11.2. The highest BCUT2D eigenvalue weighted by molar-refractivity contribution is 14.1. The first-order valence-corrected chi connectivity index (χ1v) is 6.70. The van der Waals surface area contributed by atoms with Gasteiger partial charge in [-0.15, -0.1) is 11.3 Å². The molecule has 0 unspecified atom stereocenters. The van der Waals surface area contributed by atoms with E-state index >= 15 is 0 Å². The Kier molecular flexibility index (Phi) is 2.61. The zero-order chi connectivity index (χ0) is 11.0. The SMILES string of the molecule is Ic1cccc(-c2nc3ncccc3s2)c1. The van der Waals surface area contributed by atoms with E-state index in [1.54, 1.807) is 17.5 Å². The summed E-state index contributed by atoms with van der Waals surface area (Å²) in [6, 6.07) is 12.3. The quantitative estimate of drug-likeness (QED) is 0.628. The molecule has 3 aromatic rings. The van der Waals surface area contributed by atoms with Crippen molar-refractivity contribution in [2.75, 3.05) is 0 Å². The first-order valence-electron chi connectivity index (χ1n) is 4.80. The lowest BCUT2D eigenvalue weighted by molar-refractivity contribution is 1.33. The number of aromatic nitrogens is 2. The normalized spacial score (nSPS) is 10.8. The van der Waals surface area contributed by atoms with Crippen LogP contribution in [0.15, 0.2) is 42.6 Å². The summed E-state index contributed by atoms with van der Waals surface area (Å²) in [6.07, 6.45) is 1.78. The molecule has 0 atom stereocenters. The van der Waals surface area contributed by atoms with E-state index in [4.69, 9.17) is 0 Å². The average molecular weight is 338 g/mol. The summed E-state index contributed by atoms with van der Waals surface area (Å²) in [4.78, 5) is 8.78. The Morgan fingerprint density at radius 2 is 2.06 bits per heavy atom. The van der Waals surface area contributed by atoms with Gasteiger partial charge in [-0.05, 0) is 46.9 Å². The number of halogens is 1. The molecule has 3 rings (SSSR count). The average Bonchev–Trinajstić information content (AvgIpc) is 2.72. The lowest BCUT2D eigenvalue weighted by Crippen LogP contribution is -1.78. The van der Waals surface area contributed by atoms with Crippen molar-refractivity contribution < 1.29 is 0 Å². The Bertz CT molecular complexity index is 615. The molecule has 0 aliphatic rings. The highest BCUT2D eigenvalue weighted by Crippen LogP contribution is 2.29. The van der Waals surface area contributed by atoms with Crippen molar-refractivity contribution in [2.24, 2.45) is 0 Å². The number of benzene rings is 1. The van der Waals surface area contributed by atoms with Crippen molar-refractivity contribution in [2.45, 2.75) is 0 Å². The van der Waals surface area contributed by atoms with Crippen LogP contribution in [0.2, 0.25) is 0 Å². The van der Waals surface area contributed by atoms with Gasteiger partial charge in [0.25, 0.3) is 0 Å². The van der Waals surface area contributed by atoms with Crippen LogP contribution in [0.25, 0.3) is 20.9 Å². The molecule has 16 heavy (non-hydrogen) atoms. The molecule has 2 nitrogen and oxygen atoms in total. The third-order valence-electron chi connectivity index (χ3n) is 2.24. The molecule has 0 fully saturated rings. The summed E-state index contributed by atoms with van der Waals surface area (Å²) < 4.78 is 2.36. The Labute approximate surface area is 111 Å². The van der Waals surface area contributed by atoms with Crippen molar-refractivity contribution in [3.63, 3.8) is 0 Å². The molecule has 0 saturated carbocycles. The van der Waals surface area contributed by atoms with Crippen LogP contribution in [-0.4, -0.2) is 9.97 Å². The van der Waals surface area contributed by atoms with Crippen LogP contribution in [0.1, 0.15) is 0 Å². The molecule has 0 radical (unpaired) electrons. The van der Waals surface area contributed by atoms with Gasteiger partial charge in [0, 0.05) is 15.3 Å². The van der Waals surface area contributed by atoms with Crippen LogP contribution in [-0.2, 0) is 0 Å². The minimum absolute atomic E-state index is 0.835. The first kappa shape index (κ1) is 10.2. The van der Waals surface area contributed by atoms with E-state index in [0.29, 0.717) is 0 Å². The van der Waals surface area contributed by atoms with E-state index in [1.165, 1.54) is 3.57 Å². The van der Waals surface area contributed by atoms with E-state index in [-0.39, 0.29) is 0 Å². The fourth-order valence-electron chi connectivity index (χ4n) is 1.51. The molecule has 0 saturated heterocycles. The maximum Gasteiger partial charge on any atom is 0.170 e. The minimum atomic E-state index is 0.835. The van der Waals surface area contributed by atoms with Crippen LogP contribution in [0, 0.1) is 3.57 Å². The maximum atomic E-state index is 4.53. The topological polar surface area (TPSA) is 25.8 Å². The summed E-state index contributed by atoms with van der Waals surface area (Å²) in [5.41, 5.74) is 2.00. The number of rotatable bonds is 1. The van der Waals surface area contributed by atoms with Crippen LogP contribution < -0.4 is 0 Å². The van der Waals surface area contributed by atoms with Crippen LogP contribution in [0.5, 0.6) is 0 Å². The molecule has 2 aromatic heterocycles. The van der Waals surface area contributed by atoms with E-state index in [0.717, 1.165) is 20.9 Å². The van der Waals surface area contributed by atoms with Crippen LogP contribution in [0.4, 0.5) is 0 Å². The predicted molar refractivity (Wildman–Crippen MR) is 75.6 cm³/mol. The monoisotopic (exact) mass is 338 g/mol. The summed E-state index contributed by atoms with van der Waals surface area (Å²) in [7, 11) is 0. The van der Waals surface area contributed by atoms with Gasteiger partial charge in [0.05, 0.1) is 4.70 Å². The van der Waals surface area contributed by atoms with Gasteiger partial charge >= 0.3 is 0 Å². The van der Waals surface area contributed by atoms with Gasteiger partial charge < -0.3 is 0 Å². The molecule has 2 heterocycles. The number of thiazole rings is 1. The van der Waals surface area contributed by atoms with E-state index < -0.39 is 0 Å². The van der Waals surface area contributed by atoms with Gasteiger partial charge in [-0.2, -0.15) is 0 Å². The standard InChI is InChI=1S/C12H7IN2S/c13-9-4-1-3-8(7-9)12-15-11-10(16-12)5-2-6-14-11/h1-7H. The fourth-order valence-corrected chi connectivity index (χ4v) is 2.98. The number of pyridine rings is 1. The highest BCUT2D eigenvalue weighted by atomic mass is 127.